The fourth-order valence-corrected chi connectivity index (χ4v) is 4.01. The Kier molecular flexibility index (Phi) is 5.22. The zero-order valence-corrected chi connectivity index (χ0v) is 15.7. The van der Waals surface area contributed by atoms with Gasteiger partial charge in [0.1, 0.15) is 0 Å². The van der Waals surface area contributed by atoms with E-state index in [1.165, 1.54) is 19.3 Å². The van der Waals surface area contributed by atoms with Gasteiger partial charge in [0.05, 0.1) is 29.8 Å². The third kappa shape index (κ3) is 3.62. The van der Waals surface area contributed by atoms with E-state index in [2.05, 4.69) is 22.8 Å². The van der Waals surface area contributed by atoms with Gasteiger partial charge in [0, 0.05) is 33.3 Å². The van der Waals surface area contributed by atoms with E-state index in [9.17, 15) is 0 Å². The monoisotopic (exact) mass is 356 g/mol. The molecular formula is C20H28N4O2. The Hall–Kier alpha value is -1.92. The molecule has 2 unspecified atom stereocenters. The van der Waals surface area contributed by atoms with Crippen molar-refractivity contribution < 1.29 is 9.47 Å². The van der Waals surface area contributed by atoms with Gasteiger partial charge in [0.15, 0.2) is 11.6 Å². The maximum atomic E-state index is 6.02. The minimum Gasteiger partial charge on any atom is -0.382 e. The minimum atomic E-state index is 0.0613. The van der Waals surface area contributed by atoms with Crippen LogP contribution in [0.1, 0.15) is 26.2 Å². The fourth-order valence-electron chi connectivity index (χ4n) is 4.01. The molecule has 0 aliphatic carbocycles. The molecule has 2 fully saturated rings. The van der Waals surface area contributed by atoms with Crippen molar-refractivity contribution in [2.24, 2.45) is 0 Å². The molecule has 0 spiro atoms. The zero-order chi connectivity index (χ0) is 17.9. The van der Waals surface area contributed by atoms with E-state index in [4.69, 9.17) is 19.4 Å². The summed E-state index contributed by atoms with van der Waals surface area (Å²) in [6, 6.07) is 8.15. The van der Waals surface area contributed by atoms with Crippen LogP contribution in [0.5, 0.6) is 0 Å². The maximum Gasteiger partial charge on any atom is 0.172 e. The summed E-state index contributed by atoms with van der Waals surface area (Å²) in [5.74, 6) is 2.01. The van der Waals surface area contributed by atoms with E-state index in [-0.39, 0.29) is 12.2 Å². The number of hydrogen-bond acceptors (Lipinski definition) is 6. The number of methoxy groups -OCH3 is 1. The summed E-state index contributed by atoms with van der Waals surface area (Å²) < 4.78 is 11.4. The van der Waals surface area contributed by atoms with Gasteiger partial charge in [-0.1, -0.05) is 12.1 Å². The van der Waals surface area contributed by atoms with Gasteiger partial charge in [-0.25, -0.2) is 9.97 Å². The van der Waals surface area contributed by atoms with Crippen LogP contribution in [0.25, 0.3) is 11.0 Å². The third-order valence-electron chi connectivity index (χ3n) is 5.17. The highest BCUT2D eigenvalue weighted by molar-refractivity contribution is 5.81. The molecule has 2 saturated heterocycles. The lowest BCUT2D eigenvalue weighted by Gasteiger charge is -2.39. The molecule has 0 radical (unpaired) electrons. The van der Waals surface area contributed by atoms with Gasteiger partial charge in [-0.05, 0) is 38.3 Å². The smallest absolute Gasteiger partial charge is 0.172 e. The van der Waals surface area contributed by atoms with Crippen LogP contribution in [0.15, 0.2) is 24.3 Å². The van der Waals surface area contributed by atoms with E-state index >= 15 is 0 Å². The van der Waals surface area contributed by atoms with E-state index < -0.39 is 0 Å². The molecule has 2 aromatic rings. The SMILES string of the molecule is COCC1CN(c2nc3ccccc3nc2N2CCCCC2)CC(C)O1. The van der Waals surface area contributed by atoms with Crippen LogP contribution in [-0.4, -0.2) is 62.1 Å². The molecule has 6 nitrogen and oxygen atoms in total. The molecule has 1 aromatic heterocycles. The highest BCUT2D eigenvalue weighted by Crippen LogP contribution is 2.32. The number of piperidine rings is 1. The van der Waals surface area contributed by atoms with Crippen LogP contribution in [0, 0.1) is 0 Å². The predicted octanol–water partition coefficient (Wildman–Crippen LogP) is 2.86. The lowest BCUT2D eigenvalue weighted by atomic mass is 10.1. The number of rotatable bonds is 4. The molecule has 140 valence electrons. The van der Waals surface area contributed by atoms with Crippen molar-refractivity contribution in [3.8, 4) is 0 Å². The average Bonchev–Trinajstić information content (AvgIpc) is 2.67. The van der Waals surface area contributed by atoms with Gasteiger partial charge in [-0.3, -0.25) is 0 Å². The molecule has 0 amide bonds. The van der Waals surface area contributed by atoms with Gasteiger partial charge >= 0.3 is 0 Å². The molecule has 6 heteroatoms. The molecule has 3 heterocycles. The lowest BCUT2D eigenvalue weighted by molar-refractivity contribution is -0.0512. The number of para-hydroxylation sites is 2. The Morgan fingerprint density at radius 3 is 2.31 bits per heavy atom. The summed E-state index contributed by atoms with van der Waals surface area (Å²) >= 11 is 0. The molecule has 2 aliphatic heterocycles. The van der Waals surface area contributed by atoms with Crippen LogP contribution in [0.4, 0.5) is 11.6 Å². The number of hydrogen-bond donors (Lipinski definition) is 0. The summed E-state index contributed by atoms with van der Waals surface area (Å²) in [5.41, 5.74) is 1.91. The standard InChI is InChI=1S/C20H28N4O2/c1-15-12-24(13-16(26-15)14-25-2)20-19(23-10-6-3-7-11-23)21-17-8-4-5-9-18(17)22-20/h4-5,8-9,15-16H,3,6-7,10-14H2,1-2H3. The third-order valence-corrected chi connectivity index (χ3v) is 5.17. The van der Waals surface area contributed by atoms with Crippen molar-refractivity contribution in [3.05, 3.63) is 24.3 Å². The van der Waals surface area contributed by atoms with Gasteiger partial charge in [0.2, 0.25) is 0 Å². The Balaban J connectivity index is 1.73. The van der Waals surface area contributed by atoms with Gasteiger partial charge < -0.3 is 19.3 Å². The van der Waals surface area contributed by atoms with Gasteiger partial charge in [-0.2, -0.15) is 0 Å². The van der Waals surface area contributed by atoms with Crippen molar-refractivity contribution in [2.75, 3.05) is 49.7 Å². The van der Waals surface area contributed by atoms with Crippen molar-refractivity contribution >= 4 is 22.7 Å². The lowest BCUT2D eigenvalue weighted by Crippen LogP contribution is -2.49. The number of fused-ring (bicyclic) bond motifs is 1. The number of nitrogens with zero attached hydrogens (tertiary/aromatic N) is 4. The van der Waals surface area contributed by atoms with E-state index in [1.807, 2.05) is 18.2 Å². The Labute approximate surface area is 155 Å². The second-order valence-corrected chi connectivity index (χ2v) is 7.34. The van der Waals surface area contributed by atoms with Crippen LogP contribution < -0.4 is 9.80 Å². The van der Waals surface area contributed by atoms with Crippen molar-refractivity contribution in [1.29, 1.82) is 0 Å². The van der Waals surface area contributed by atoms with Crippen LogP contribution in [0.3, 0.4) is 0 Å². The first kappa shape index (κ1) is 17.5. The summed E-state index contributed by atoms with van der Waals surface area (Å²) in [6.45, 7) is 6.44. The second kappa shape index (κ2) is 7.76. The van der Waals surface area contributed by atoms with Crippen molar-refractivity contribution in [1.82, 2.24) is 9.97 Å². The Morgan fingerprint density at radius 2 is 1.65 bits per heavy atom. The highest BCUT2D eigenvalue weighted by atomic mass is 16.5. The topological polar surface area (TPSA) is 50.7 Å². The number of ether oxygens (including phenoxy) is 2. The largest absolute Gasteiger partial charge is 0.382 e. The molecule has 0 saturated carbocycles. The molecule has 4 rings (SSSR count). The summed E-state index contributed by atoms with van der Waals surface area (Å²) in [4.78, 5) is 14.8. The molecule has 1 aromatic carbocycles. The molecular weight excluding hydrogens is 328 g/mol. The maximum absolute atomic E-state index is 6.02. The average molecular weight is 356 g/mol. The zero-order valence-electron chi connectivity index (χ0n) is 15.7. The number of aromatic nitrogens is 2. The normalized spacial score (nSPS) is 24.2. The van der Waals surface area contributed by atoms with Crippen LogP contribution in [0.2, 0.25) is 0 Å². The van der Waals surface area contributed by atoms with E-state index in [0.717, 1.165) is 48.8 Å². The minimum absolute atomic E-state index is 0.0613. The number of benzene rings is 1. The van der Waals surface area contributed by atoms with Gasteiger partial charge in [0.25, 0.3) is 0 Å². The van der Waals surface area contributed by atoms with Crippen LogP contribution in [-0.2, 0) is 9.47 Å². The summed E-state index contributed by atoms with van der Waals surface area (Å²) in [5, 5.41) is 0. The second-order valence-electron chi connectivity index (χ2n) is 7.34. The molecule has 26 heavy (non-hydrogen) atoms. The molecule has 2 atom stereocenters. The van der Waals surface area contributed by atoms with Crippen LogP contribution >= 0.6 is 0 Å². The Morgan fingerprint density at radius 1 is 1.00 bits per heavy atom. The molecule has 0 bridgehead atoms. The first-order chi connectivity index (χ1) is 12.7. The number of morpholine rings is 1. The fraction of sp³-hybridized carbons (Fsp3) is 0.600. The Bertz CT molecular complexity index is 748. The van der Waals surface area contributed by atoms with E-state index in [1.54, 1.807) is 7.11 Å². The quantitative estimate of drug-likeness (QED) is 0.840. The summed E-state index contributed by atoms with van der Waals surface area (Å²) in [7, 11) is 1.72. The summed E-state index contributed by atoms with van der Waals surface area (Å²) in [6.07, 6.45) is 3.95. The molecule has 0 N–H and O–H groups in total. The first-order valence-corrected chi connectivity index (χ1v) is 9.65. The molecule has 2 aliphatic rings. The van der Waals surface area contributed by atoms with Crippen molar-refractivity contribution in [2.45, 2.75) is 38.4 Å². The van der Waals surface area contributed by atoms with E-state index in [0.29, 0.717) is 6.61 Å². The number of anilines is 2. The predicted molar refractivity (Wildman–Crippen MR) is 104 cm³/mol. The van der Waals surface area contributed by atoms with Crippen molar-refractivity contribution in [3.63, 3.8) is 0 Å². The van der Waals surface area contributed by atoms with Gasteiger partial charge in [-0.15, -0.1) is 0 Å². The first-order valence-electron chi connectivity index (χ1n) is 9.65. The highest BCUT2D eigenvalue weighted by Gasteiger charge is 2.30.